The first-order valence-electron chi connectivity index (χ1n) is 7.32. The summed E-state index contributed by atoms with van der Waals surface area (Å²) < 4.78 is 5.75. The number of benzene rings is 1. The predicted molar refractivity (Wildman–Crippen MR) is 75.5 cm³/mol. The van der Waals surface area contributed by atoms with Gasteiger partial charge in [-0.05, 0) is 32.3 Å². The van der Waals surface area contributed by atoms with Crippen molar-refractivity contribution in [1.82, 2.24) is 4.90 Å². The van der Waals surface area contributed by atoms with Gasteiger partial charge in [0, 0.05) is 31.1 Å². The second-order valence-electron chi connectivity index (χ2n) is 6.05. The van der Waals surface area contributed by atoms with E-state index < -0.39 is 5.60 Å². The van der Waals surface area contributed by atoms with Crippen LogP contribution in [0, 0.1) is 0 Å². The van der Waals surface area contributed by atoms with Gasteiger partial charge < -0.3 is 14.7 Å². The lowest BCUT2D eigenvalue weighted by Gasteiger charge is -2.40. The van der Waals surface area contributed by atoms with Gasteiger partial charge in [0.15, 0.2) is 0 Å². The van der Waals surface area contributed by atoms with E-state index in [1.807, 2.05) is 6.07 Å². The average Bonchev–Trinajstić information content (AvgIpc) is 2.87. The minimum absolute atomic E-state index is 0.558. The zero-order valence-electron chi connectivity index (χ0n) is 11.9. The Hall–Kier alpha value is -1.06. The van der Waals surface area contributed by atoms with Crippen molar-refractivity contribution in [2.75, 3.05) is 19.7 Å². The molecule has 0 aromatic heterocycles. The molecule has 0 radical (unpaired) electrons. The van der Waals surface area contributed by atoms with Gasteiger partial charge in [0.1, 0.15) is 5.75 Å². The van der Waals surface area contributed by atoms with Crippen LogP contribution in [0.1, 0.15) is 37.8 Å². The summed E-state index contributed by atoms with van der Waals surface area (Å²) in [5, 5.41) is 11.0. The number of nitrogens with zero attached hydrogens (tertiary/aromatic N) is 1. The van der Waals surface area contributed by atoms with Crippen molar-refractivity contribution in [3.8, 4) is 5.75 Å². The molecule has 1 aromatic rings. The highest BCUT2D eigenvalue weighted by atomic mass is 16.5. The van der Waals surface area contributed by atoms with Crippen LogP contribution in [-0.2, 0) is 12.0 Å². The zero-order valence-corrected chi connectivity index (χ0v) is 11.9. The van der Waals surface area contributed by atoms with Gasteiger partial charge in [-0.3, -0.25) is 0 Å². The third-order valence-corrected chi connectivity index (χ3v) is 4.57. The number of hydrogen-bond donors (Lipinski definition) is 1. The van der Waals surface area contributed by atoms with Gasteiger partial charge in [-0.1, -0.05) is 18.2 Å². The van der Waals surface area contributed by atoms with E-state index in [2.05, 4.69) is 30.9 Å². The highest BCUT2D eigenvalue weighted by molar-refractivity contribution is 5.47. The van der Waals surface area contributed by atoms with E-state index in [9.17, 15) is 5.11 Å². The number of rotatable bonds is 2. The highest BCUT2D eigenvalue weighted by Gasteiger charge is 2.38. The molecule has 104 valence electrons. The fourth-order valence-corrected chi connectivity index (χ4v) is 3.26. The lowest BCUT2D eigenvalue weighted by Crippen LogP contribution is -2.45. The van der Waals surface area contributed by atoms with Crippen LogP contribution in [0.3, 0.4) is 0 Å². The molecule has 19 heavy (non-hydrogen) atoms. The smallest absolute Gasteiger partial charge is 0.128 e. The maximum Gasteiger partial charge on any atom is 0.128 e. The first kappa shape index (κ1) is 12.9. The van der Waals surface area contributed by atoms with Gasteiger partial charge in [0.2, 0.25) is 0 Å². The molecule has 1 fully saturated rings. The van der Waals surface area contributed by atoms with Crippen molar-refractivity contribution in [3.05, 3.63) is 29.3 Å². The molecule has 0 atom stereocenters. The molecule has 2 aliphatic heterocycles. The minimum Gasteiger partial charge on any atom is -0.493 e. The molecule has 2 aliphatic rings. The fraction of sp³-hybridized carbons (Fsp3) is 0.625. The highest BCUT2D eigenvalue weighted by Crippen LogP contribution is 2.41. The summed E-state index contributed by atoms with van der Waals surface area (Å²) >= 11 is 0. The van der Waals surface area contributed by atoms with E-state index in [-0.39, 0.29) is 0 Å². The Morgan fingerprint density at radius 1 is 1.26 bits per heavy atom. The number of piperidine rings is 1. The molecule has 3 heteroatoms. The second-order valence-corrected chi connectivity index (χ2v) is 6.05. The maximum absolute atomic E-state index is 11.0. The molecule has 3 rings (SSSR count). The van der Waals surface area contributed by atoms with Gasteiger partial charge >= 0.3 is 0 Å². The summed E-state index contributed by atoms with van der Waals surface area (Å²) in [6.07, 6.45) is 2.56. The van der Waals surface area contributed by atoms with Gasteiger partial charge in [0.25, 0.3) is 0 Å². The van der Waals surface area contributed by atoms with Crippen LogP contribution in [0.15, 0.2) is 18.2 Å². The van der Waals surface area contributed by atoms with Gasteiger partial charge in [-0.15, -0.1) is 0 Å². The van der Waals surface area contributed by atoms with Crippen LogP contribution < -0.4 is 4.74 Å². The van der Waals surface area contributed by atoms with Crippen LogP contribution in [0.2, 0.25) is 0 Å². The summed E-state index contributed by atoms with van der Waals surface area (Å²) in [4.78, 5) is 2.43. The topological polar surface area (TPSA) is 32.7 Å². The van der Waals surface area contributed by atoms with E-state index >= 15 is 0 Å². The molecule has 1 aromatic carbocycles. The molecule has 0 unspecified atom stereocenters. The van der Waals surface area contributed by atoms with E-state index in [1.165, 1.54) is 5.56 Å². The fourth-order valence-electron chi connectivity index (χ4n) is 3.26. The normalized spacial score (nSPS) is 22.3. The molecule has 0 spiro atoms. The van der Waals surface area contributed by atoms with E-state index in [1.54, 1.807) is 0 Å². The second kappa shape index (κ2) is 4.80. The van der Waals surface area contributed by atoms with Crippen LogP contribution in [-0.4, -0.2) is 35.7 Å². The van der Waals surface area contributed by atoms with Crippen molar-refractivity contribution < 1.29 is 9.84 Å². The van der Waals surface area contributed by atoms with Crippen LogP contribution in [0.5, 0.6) is 5.75 Å². The third kappa shape index (κ3) is 2.26. The first-order chi connectivity index (χ1) is 9.10. The third-order valence-electron chi connectivity index (χ3n) is 4.57. The average molecular weight is 261 g/mol. The summed E-state index contributed by atoms with van der Waals surface area (Å²) in [7, 11) is 0. The molecule has 1 N–H and O–H groups in total. The predicted octanol–water partition coefficient (Wildman–Crippen LogP) is 2.31. The van der Waals surface area contributed by atoms with Gasteiger partial charge in [-0.2, -0.15) is 0 Å². The molecule has 0 aliphatic carbocycles. The Balaban J connectivity index is 1.85. The number of fused-ring (bicyclic) bond motifs is 1. The van der Waals surface area contributed by atoms with Gasteiger partial charge in [-0.25, -0.2) is 0 Å². The Bertz CT molecular complexity index is 462. The Labute approximate surface area is 115 Å². The lowest BCUT2D eigenvalue weighted by atomic mass is 9.83. The molecule has 0 amide bonds. The van der Waals surface area contributed by atoms with E-state index in [4.69, 9.17) is 4.74 Å². The van der Waals surface area contributed by atoms with E-state index in [0.29, 0.717) is 6.04 Å². The van der Waals surface area contributed by atoms with Crippen LogP contribution in [0.4, 0.5) is 0 Å². The number of hydrogen-bond acceptors (Lipinski definition) is 3. The molecule has 1 saturated heterocycles. The van der Waals surface area contributed by atoms with Crippen molar-refractivity contribution in [3.63, 3.8) is 0 Å². The molecular weight excluding hydrogens is 238 g/mol. The summed E-state index contributed by atoms with van der Waals surface area (Å²) in [6.45, 7) is 7.09. The monoisotopic (exact) mass is 261 g/mol. The summed E-state index contributed by atoms with van der Waals surface area (Å²) in [5.74, 6) is 0.947. The molecule has 2 heterocycles. The number of aliphatic hydroxyl groups is 1. The Morgan fingerprint density at radius 3 is 2.68 bits per heavy atom. The molecule has 3 nitrogen and oxygen atoms in total. The number of ether oxygens (including phenoxy) is 1. The number of likely N-dealkylation sites (tertiary alicyclic amines) is 1. The van der Waals surface area contributed by atoms with Crippen LogP contribution >= 0.6 is 0 Å². The SMILES string of the molecule is CC(C)N1CCC(O)(c2cccc3c2OCC3)CC1. The van der Waals surface area contributed by atoms with Crippen molar-refractivity contribution in [2.24, 2.45) is 0 Å². The molecule has 0 bridgehead atoms. The summed E-state index contributed by atoms with van der Waals surface area (Å²) in [5.41, 5.74) is 1.55. The standard InChI is InChI=1S/C16H23NO2/c1-12(2)17-9-7-16(18,8-10-17)14-5-3-4-13-6-11-19-15(13)14/h3-5,12,18H,6-11H2,1-2H3. The van der Waals surface area contributed by atoms with Gasteiger partial charge in [0.05, 0.1) is 12.2 Å². The first-order valence-corrected chi connectivity index (χ1v) is 7.32. The maximum atomic E-state index is 11.0. The zero-order chi connectivity index (χ0) is 13.5. The number of para-hydroxylation sites is 1. The largest absolute Gasteiger partial charge is 0.493 e. The molecule has 0 saturated carbocycles. The lowest BCUT2D eigenvalue weighted by molar-refractivity contribution is -0.0338. The molecular formula is C16H23NO2. The van der Waals surface area contributed by atoms with Crippen molar-refractivity contribution in [2.45, 2.75) is 44.8 Å². The van der Waals surface area contributed by atoms with Crippen molar-refractivity contribution in [1.29, 1.82) is 0 Å². The Morgan fingerprint density at radius 2 is 2.00 bits per heavy atom. The van der Waals surface area contributed by atoms with Crippen LogP contribution in [0.25, 0.3) is 0 Å². The Kier molecular flexibility index (Phi) is 3.27. The summed E-state index contributed by atoms with van der Waals surface area (Å²) in [6, 6.07) is 6.76. The van der Waals surface area contributed by atoms with Crippen molar-refractivity contribution >= 4 is 0 Å². The quantitative estimate of drug-likeness (QED) is 0.887. The van der Waals surface area contributed by atoms with E-state index in [0.717, 1.165) is 50.3 Å². The minimum atomic E-state index is -0.707.